The maximum Gasteiger partial charge on any atom is 0.123 e. The van der Waals surface area contributed by atoms with E-state index in [0.717, 1.165) is 0 Å². The fourth-order valence-corrected chi connectivity index (χ4v) is 2.41. The second-order valence-corrected chi connectivity index (χ2v) is 3.83. The van der Waals surface area contributed by atoms with Gasteiger partial charge in [-0.1, -0.05) is 23.6 Å². The fraction of sp³-hybridized carbons (Fsp3) is 0.667. The second kappa shape index (κ2) is 2.63. The molecule has 0 spiro atoms. The number of allylic oxidation sites excluding steroid dienone is 1. The molecule has 0 N–H and O–H groups in total. The van der Waals surface area contributed by atoms with Crippen LogP contribution in [0.1, 0.15) is 26.2 Å². The van der Waals surface area contributed by atoms with Crippen LogP contribution in [0.2, 0.25) is 0 Å². The predicted molar refractivity (Wildman–Crippen MR) is 48.2 cm³/mol. The minimum atomic E-state index is 0.507. The van der Waals surface area contributed by atoms with Crippen LogP contribution < -0.4 is 0 Å². The molecule has 0 bridgehead atoms. The Hall–Kier alpha value is -0.300. The number of dihydropyridines is 1. The first-order valence-electron chi connectivity index (χ1n) is 4.19. The lowest BCUT2D eigenvalue weighted by Crippen LogP contribution is -2.18. The molecular formula is C9H12ClN. The van der Waals surface area contributed by atoms with Crippen LogP contribution in [0, 0.1) is 5.92 Å². The summed E-state index contributed by atoms with van der Waals surface area (Å²) in [7, 11) is 0. The highest BCUT2D eigenvalue weighted by atomic mass is 35.5. The summed E-state index contributed by atoms with van der Waals surface area (Å²) in [6.07, 6.45) is 5.86. The first kappa shape index (κ1) is 7.35. The van der Waals surface area contributed by atoms with Gasteiger partial charge >= 0.3 is 0 Å². The van der Waals surface area contributed by atoms with E-state index in [2.05, 4.69) is 11.9 Å². The summed E-state index contributed by atoms with van der Waals surface area (Å²) in [6, 6.07) is 0.507. The summed E-state index contributed by atoms with van der Waals surface area (Å²) < 4.78 is 0. The van der Waals surface area contributed by atoms with Crippen molar-refractivity contribution < 1.29 is 0 Å². The van der Waals surface area contributed by atoms with E-state index in [9.17, 15) is 0 Å². The Balaban J connectivity index is 2.28. The van der Waals surface area contributed by atoms with Crippen molar-refractivity contribution in [3.8, 4) is 0 Å². The number of hydrogen-bond acceptors (Lipinski definition) is 1. The molecule has 2 aliphatic rings. The molecule has 0 saturated heterocycles. The predicted octanol–water partition coefficient (Wildman–Crippen LogP) is 2.75. The quantitative estimate of drug-likeness (QED) is 0.529. The van der Waals surface area contributed by atoms with Crippen molar-refractivity contribution in [1.29, 1.82) is 0 Å². The third-order valence-corrected chi connectivity index (χ3v) is 2.91. The van der Waals surface area contributed by atoms with E-state index in [-0.39, 0.29) is 0 Å². The zero-order valence-electron chi connectivity index (χ0n) is 6.68. The van der Waals surface area contributed by atoms with E-state index in [1.165, 1.54) is 24.8 Å². The Kier molecular flexibility index (Phi) is 1.76. The number of halogens is 1. The second-order valence-electron chi connectivity index (χ2n) is 3.44. The molecule has 0 radical (unpaired) electrons. The van der Waals surface area contributed by atoms with Crippen molar-refractivity contribution in [1.82, 2.24) is 0 Å². The van der Waals surface area contributed by atoms with Crippen LogP contribution in [0.5, 0.6) is 0 Å². The molecule has 2 atom stereocenters. The summed E-state index contributed by atoms with van der Waals surface area (Å²) in [5, 5.41) is 0.700. The summed E-state index contributed by atoms with van der Waals surface area (Å²) in [4.78, 5) is 4.40. The molecule has 1 saturated carbocycles. The monoisotopic (exact) mass is 169 g/mol. The standard InChI is InChI=1S/C9H12ClN/c1-6-5-9(10)11-8-4-2-3-7(6)8/h5,7-8H,2-4H2,1H3. The minimum absolute atomic E-state index is 0.507. The maximum atomic E-state index is 5.85. The zero-order valence-corrected chi connectivity index (χ0v) is 7.43. The normalized spacial score (nSPS) is 36.2. The number of hydrogen-bond donors (Lipinski definition) is 0. The Morgan fingerprint density at radius 1 is 1.55 bits per heavy atom. The summed E-state index contributed by atoms with van der Waals surface area (Å²) in [6.45, 7) is 2.17. The van der Waals surface area contributed by atoms with Crippen molar-refractivity contribution in [2.24, 2.45) is 10.9 Å². The third kappa shape index (κ3) is 1.22. The lowest BCUT2D eigenvalue weighted by molar-refractivity contribution is 0.550. The molecule has 2 rings (SSSR count). The van der Waals surface area contributed by atoms with E-state index in [0.29, 0.717) is 17.1 Å². The summed E-state index contributed by atoms with van der Waals surface area (Å²) in [5.74, 6) is 0.706. The molecule has 1 fully saturated rings. The highest BCUT2D eigenvalue weighted by Gasteiger charge is 2.30. The number of fused-ring (bicyclic) bond motifs is 1. The molecule has 11 heavy (non-hydrogen) atoms. The van der Waals surface area contributed by atoms with Crippen LogP contribution in [-0.2, 0) is 0 Å². The molecule has 2 heteroatoms. The molecule has 1 heterocycles. The average molecular weight is 170 g/mol. The molecule has 0 amide bonds. The summed E-state index contributed by atoms with van der Waals surface area (Å²) in [5.41, 5.74) is 1.42. The Morgan fingerprint density at radius 3 is 3.18 bits per heavy atom. The molecule has 1 aliphatic heterocycles. The molecule has 0 aromatic heterocycles. The van der Waals surface area contributed by atoms with Gasteiger partial charge in [-0.25, -0.2) is 0 Å². The lowest BCUT2D eigenvalue weighted by Gasteiger charge is -2.20. The van der Waals surface area contributed by atoms with Gasteiger partial charge in [-0.3, -0.25) is 4.99 Å². The van der Waals surface area contributed by atoms with Gasteiger partial charge in [-0.05, 0) is 25.8 Å². The van der Waals surface area contributed by atoms with Gasteiger partial charge in [-0.2, -0.15) is 0 Å². The Morgan fingerprint density at radius 2 is 2.36 bits per heavy atom. The lowest BCUT2D eigenvalue weighted by atomic mass is 9.93. The van der Waals surface area contributed by atoms with Crippen molar-refractivity contribution in [3.05, 3.63) is 11.6 Å². The van der Waals surface area contributed by atoms with Gasteiger partial charge in [0.05, 0.1) is 6.04 Å². The van der Waals surface area contributed by atoms with Gasteiger partial charge in [-0.15, -0.1) is 0 Å². The van der Waals surface area contributed by atoms with E-state index in [1.807, 2.05) is 6.08 Å². The van der Waals surface area contributed by atoms with E-state index >= 15 is 0 Å². The van der Waals surface area contributed by atoms with E-state index < -0.39 is 0 Å². The van der Waals surface area contributed by atoms with Gasteiger partial charge in [0.15, 0.2) is 0 Å². The van der Waals surface area contributed by atoms with Crippen LogP contribution >= 0.6 is 11.6 Å². The van der Waals surface area contributed by atoms with Gasteiger partial charge in [0.25, 0.3) is 0 Å². The van der Waals surface area contributed by atoms with Gasteiger partial charge in [0, 0.05) is 5.92 Å². The van der Waals surface area contributed by atoms with Crippen molar-refractivity contribution in [2.45, 2.75) is 32.2 Å². The van der Waals surface area contributed by atoms with Crippen LogP contribution in [0.25, 0.3) is 0 Å². The SMILES string of the molecule is CC1=CC(Cl)=NC2CCCC12. The highest BCUT2D eigenvalue weighted by Crippen LogP contribution is 2.36. The molecule has 1 nitrogen and oxygen atoms in total. The van der Waals surface area contributed by atoms with E-state index in [1.54, 1.807) is 0 Å². The number of nitrogens with zero attached hydrogens (tertiary/aromatic N) is 1. The van der Waals surface area contributed by atoms with Gasteiger partial charge in [0.2, 0.25) is 0 Å². The first-order valence-corrected chi connectivity index (χ1v) is 4.56. The Labute approximate surface area is 72.2 Å². The van der Waals surface area contributed by atoms with Crippen LogP contribution in [0.15, 0.2) is 16.6 Å². The van der Waals surface area contributed by atoms with Crippen molar-refractivity contribution >= 4 is 16.8 Å². The topological polar surface area (TPSA) is 12.4 Å². The molecule has 0 aromatic carbocycles. The molecule has 1 aliphatic carbocycles. The largest absolute Gasteiger partial charge is 0.269 e. The highest BCUT2D eigenvalue weighted by molar-refractivity contribution is 6.68. The van der Waals surface area contributed by atoms with Crippen LogP contribution in [0.4, 0.5) is 0 Å². The summed E-state index contributed by atoms with van der Waals surface area (Å²) >= 11 is 5.85. The van der Waals surface area contributed by atoms with Crippen LogP contribution in [-0.4, -0.2) is 11.2 Å². The zero-order chi connectivity index (χ0) is 7.84. The third-order valence-electron chi connectivity index (χ3n) is 2.70. The smallest absolute Gasteiger partial charge is 0.123 e. The molecule has 2 unspecified atom stereocenters. The maximum absolute atomic E-state index is 5.85. The van der Waals surface area contributed by atoms with Gasteiger partial charge < -0.3 is 0 Å². The average Bonchev–Trinajstić information content (AvgIpc) is 2.34. The fourth-order valence-electron chi connectivity index (χ4n) is 2.12. The van der Waals surface area contributed by atoms with Crippen molar-refractivity contribution in [3.63, 3.8) is 0 Å². The molecule has 0 aromatic rings. The van der Waals surface area contributed by atoms with Crippen LogP contribution in [0.3, 0.4) is 0 Å². The van der Waals surface area contributed by atoms with E-state index in [4.69, 9.17) is 11.6 Å². The first-order chi connectivity index (χ1) is 5.27. The van der Waals surface area contributed by atoms with Crippen molar-refractivity contribution in [2.75, 3.05) is 0 Å². The minimum Gasteiger partial charge on any atom is -0.269 e. The van der Waals surface area contributed by atoms with Gasteiger partial charge in [0.1, 0.15) is 5.17 Å². The number of aliphatic imine (C=N–C) groups is 1. The molecule has 60 valence electrons. The Bertz CT molecular complexity index is 230. The molecular weight excluding hydrogens is 158 g/mol. The number of rotatable bonds is 0.